The number of carbonyl (C=O) groups is 1. The van der Waals surface area contributed by atoms with Crippen molar-refractivity contribution in [1.82, 2.24) is 4.98 Å². The van der Waals surface area contributed by atoms with E-state index in [4.69, 9.17) is 16.7 Å². The molecule has 1 aromatic heterocycles. The van der Waals surface area contributed by atoms with Gasteiger partial charge in [-0.2, -0.15) is 0 Å². The van der Waals surface area contributed by atoms with Crippen molar-refractivity contribution in [2.45, 2.75) is 4.90 Å². The number of thiazole rings is 1. The Hall–Kier alpha value is -2.60. The number of primary sulfonamides is 1. The van der Waals surface area contributed by atoms with Gasteiger partial charge in [0, 0.05) is 11.1 Å². The quantitative estimate of drug-likeness (QED) is 0.497. The van der Waals surface area contributed by atoms with Gasteiger partial charge in [0.15, 0.2) is 5.13 Å². The van der Waals surface area contributed by atoms with Crippen molar-refractivity contribution in [3.05, 3.63) is 57.1 Å². The second-order valence-corrected chi connectivity index (χ2v) is 8.09. The van der Waals surface area contributed by atoms with Crippen LogP contribution in [-0.2, 0) is 10.0 Å². The van der Waals surface area contributed by atoms with E-state index in [-0.39, 0.29) is 20.6 Å². The van der Waals surface area contributed by atoms with Crippen LogP contribution < -0.4 is 10.5 Å². The maximum absolute atomic E-state index is 12.4. The van der Waals surface area contributed by atoms with Gasteiger partial charge in [0.05, 0.1) is 20.0 Å². The van der Waals surface area contributed by atoms with Crippen LogP contribution in [0, 0.1) is 10.1 Å². The smallest absolute Gasteiger partial charge is 0.282 e. The molecule has 0 aliphatic carbocycles. The monoisotopic (exact) mass is 412 g/mol. The first-order valence-electron chi connectivity index (χ1n) is 6.84. The average Bonchev–Trinajstić information content (AvgIpc) is 2.94. The number of nitro benzene ring substituents is 1. The topological polar surface area (TPSA) is 145 Å². The van der Waals surface area contributed by atoms with Gasteiger partial charge in [-0.15, -0.1) is 0 Å². The molecule has 0 radical (unpaired) electrons. The summed E-state index contributed by atoms with van der Waals surface area (Å²) in [7, 11) is -3.87. The van der Waals surface area contributed by atoms with Crippen LogP contribution in [0.15, 0.2) is 41.3 Å². The molecular weight excluding hydrogens is 404 g/mol. The van der Waals surface area contributed by atoms with E-state index in [2.05, 4.69) is 10.3 Å². The van der Waals surface area contributed by atoms with Crippen LogP contribution in [0.5, 0.6) is 0 Å². The third-order valence-corrected chi connectivity index (χ3v) is 5.39. The maximum Gasteiger partial charge on any atom is 0.282 e. The number of hydrogen-bond acceptors (Lipinski definition) is 7. The molecule has 26 heavy (non-hydrogen) atoms. The molecule has 0 aliphatic heterocycles. The molecule has 3 rings (SSSR count). The van der Waals surface area contributed by atoms with Crippen LogP contribution in [0.1, 0.15) is 10.4 Å². The van der Waals surface area contributed by atoms with E-state index < -0.39 is 26.5 Å². The minimum absolute atomic E-state index is 0.0861. The molecule has 0 saturated carbocycles. The summed E-state index contributed by atoms with van der Waals surface area (Å²) in [6.45, 7) is 0. The number of carbonyl (C=O) groups excluding carboxylic acids is 1. The Balaban J connectivity index is 1.95. The molecule has 3 aromatic rings. The molecule has 1 amide bonds. The van der Waals surface area contributed by atoms with Crippen LogP contribution >= 0.6 is 22.9 Å². The van der Waals surface area contributed by atoms with E-state index in [0.717, 1.165) is 17.4 Å². The van der Waals surface area contributed by atoms with Crippen LogP contribution in [0.3, 0.4) is 0 Å². The number of nitrogens with two attached hydrogens (primary N) is 1. The summed E-state index contributed by atoms with van der Waals surface area (Å²) in [5.74, 6) is -0.759. The Kier molecular flexibility index (Phi) is 4.63. The number of nitrogens with zero attached hydrogens (tertiary/aromatic N) is 2. The Morgan fingerprint density at radius 2 is 2.00 bits per heavy atom. The fourth-order valence-electron chi connectivity index (χ4n) is 2.15. The zero-order chi connectivity index (χ0) is 19.1. The van der Waals surface area contributed by atoms with Crippen molar-refractivity contribution < 1.29 is 18.1 Å². The maximum atomic E-state index is 12.4. The van der Waals surface area contributed by atoms with Gasteiger partial charge in [0.25, 0.3) is 11.6 Å². The Morgan fingerprint density at radius 3 is 2.65 bits per heavy atom. The third-order valence-electron chi connectivity index (χ3n) is 3.31. The Bertz CT molecular complexity index is 1160. The summed E-state index contributed by atoms with van der Waals surface area (Å²) in [4.78, 5) is 26.8. The van der Waals surface area contributed by atoms with Crippen molar-refractivity contribution in [3.63, 3.8) is 0 Å². The van der Waals surface area contributed by atoms with Crippen LogP contribution in [-0.4, -0.2) is 24.2 Å². The second kappa shape index (κ2) is 6.61. The lowest BCUT2D eigenvalue weighted by Crippen LogP contribution is -2.13. The van der Waals surface area contributed by atoms with Gasteiger partial charge in [-0.1, -0.05) is 22.9 Å². The van der Waals surface area contributed by atoms with Crippen LogP contribution in [0.4, 0.5) is 10.8 Å². The summed E-state index contributed by atoms with van der Waals surface area (Å²) in [6.07, 6.45) is 0. The van der Waals surface area contributed by atoms with Gasteiger partial charge in [0.2, 0.25) is 10.0 Å². The van der Waals surface area contributed by atoms with Gasteiger partial charge >= 0.3 is 0 Å². The van der Waals surface area contributed by atoms with E-state index in [0.29, 0.717) is 10.2 Å². The summed E-state index contributed by atoms with van der Waals surface area (Å²) in [5.41, 5.74) is -0.171. The van der Waals surface area contributed by atoms with E-state index in [1.807, 2.05) is 0 Å². The third kappa shape index (κ3) is 3.65. The molecule has 1 heterocycles. The number of anilines is 1. The number of aromatic nitrogens is 1. The highest BCUT2D eigenvalue weighted by Gasteiger charge is 2.21. The molecule has 0 unspecified atom stereocenters. The lowest BCUT2D eigenvalue weighted by atomic mass is 10.1. The first-order valence-corrected chi connectivity index (χ1v) is 9.58. The minimum Gasteiger partial charge on any atom is -0.298 e. The van der Waals surface area contributed by atoms with Crippen molar-refractivity contribution in [3.8, 4) is 0 Å². The van der Waals surface area contributed by atoms with E-state index in [1.54, 1.807) is 0 Å². The van der Waals surface area contributed by atoms with E-state index in [9.17, 15) is 23.3 Å². The van der Waals surface area contributed by atoms with Gasteiger partial charge in [0.1, 0.15) is 5.56 Å². The fourth-order valence-corrected chi connectivity index (χ4v) is 3.84. The van der Waals surface area contributed by atoms with Gasteiger partial charge in [-0.25, -0.2) is 18.5 Å². The number of nitro groups is 1. The largest absolute Gasteiger partial charge is 0.298 e. The number of hydrogen-bond donors (Lipinski definition) is 2. The van der Waals surface area contributed by atoms with E-state index in [1.165, 1.54) is 30.3 Å². The summed E-state index contributed by atoms with van der Waals surface area (Å²) < 4.78 is 23.3. The molecule has 134 valence electrons. The molecule has 2 aromatic carbocycles. The van der Waals surface area contributed by atoms with Gasteiger partial charge in [-0.3, -0.25) is 20.2 Å². The molecule has 0 saturated heterocycles. The molecule has 3 N–H and O–H groups in total. The van der Waals surface area contributed by atoms with Crippen molar-refractivity contribution >= 4 is 59.9 Å². The normalized spacial score (nSPS) is 11.5. The van der Waals surface area contributed by atoms with Gasteiger partial charge in [-0.05, 0) is 30.3 Å². The number of nitrogens with one attached hydrogen (secondary N) is 1. The predicted octanol–water partition coefficient (Wildman–Crippen LogP) is 2.76. The lowest BCUT2D eigenvalue weighted by Gasteiger charge is -2.03. The number of amides is 1. The standard InChI is InChI=1S/C14H9ClN4O5S2/c15-7-1-4-11(19(21)22)9(5-7)13(20)18-14-17-10-3-2-8(26(16,23)24)6-12(10)25-14/h1-6H,(H2,16,23,24)(H,17,18,20). The molecule has 0 fully saturated rings. The Morgan fingerprint density at radius 1 is 1.27 bits per heavy atom. The molecule has 12 heteroatoms. The lowest BCUT2D eigenvalue weighted by molar-refractivity contribution is -0.385. The first kappa shape index (κ1) is 18.2. The number of halogens is 1. The highest BCUT2D eigenvalue weighted by atomic mass is 35.5. The predicted molar refractivity (Wildman–Crippen MR) is 97.1 cm³/mol. The SMILES string of the molecule is NS(=O)(=O)c1ccc2nc(NC(=O)c3cc(Cl)ccc3[N+](=O)[O-])sc2c1. The number of fused-ring (bicyclic) bond motifs is 1. The molecule has 0 aliphatic rings. The minimum atomic E-state index is -3.87. The highest BCUT2D eigenvalue weighted by Crippen LogP contribution is 2.29. The zero-order valence-corrected chi connectivity index (χ0v) is 15.1. The van der Waals surface area contributed by atoms with Crippen LogP contribution in [0.25, 0.3) is 10.2 Å². The number of sulfonamides is 1. The number of benzene rings is 2. The summed E-state index contributed by atoms with van der Waals surface area (Å²) >= 11 is 6.81. The van der Waals surface area contributed by atoms with Gasteiger partial charge < -0.3 is 0 Å². The molecule has 0 bridgehead atoms. The zero-order valence-electron chi connectivity index (χ0n) is 12.7. The summed E-state index contributed by atoms with van der Waals surface area (Å²) in [6, 6.07) is 7.70. The molecule has 9 nitrogen and oxygen atoms in total. The number of rotatable bonds is 4. The highest BCUT2D eigenvalue weighted by molar-refractivity contribution is 7.89. The average molecular weight is 413 g/mol. The molecule has 0 spiro atoms. The van der Waals surface area contributed by atoms with Crippen LogP contribution in [0.2, 0.25) is 5.02 Å². The second-order valence-electron chi connectivity index (χ2n) is 5.07. The summed E-state index contributed by atoms with van der Waals surface area (Å²) in [5, 5.41) is 18.9. The van der Waals surface area contributed by atoms with Crippen molar-refractivity contribution in [1.29, 1.82) is 0 Å². The van der Waals surface area contributed by atoms with Crippen molar-refractivity contribution in [2.24, 2.45) is 5.14 Å². The molecular formula is C14H9ClN4O5S2. The Labute approximate surface area is 155 Å². The van der Waals surface area contributed by atoms with Crippen molar-refractivity contribution in [2.75, 3.05) is 5.32 Å². The first-order chi connectivity index (χ1) is 12.1. The molecule has 0 atom stereocenters. The fraction of sp³-hybridized carbons (Fsp3) is 0. The van der Waals surface area contributed by atoms with E-state index >= 15 is 0 Å².